The van der Waals surface area contributed by atoms with Crippen LogP contribution in [0.1, 0.15) is 23.7 Å². The molecule has 1 spiro atoms. The van der Waals surface area contributed by atoms with Crippen molar-refractivity contribution < 1.29 is 14.4 Å². The molecule has 3 heterocycles. The summed E-state index contributed by atoms with van der Waals surface area (Å²) in [6.45, 7) is 2.76. The lowest BCUT2D eigenvalue weighted by molar-refractivity contribution is -0.142. The fraction of sp³-hybridized carbons (Fsp3) is 0.455. The van der Waals surface area contributed by atoms with Gasteiger partial charge in [0.25, 0.3) is 5.91 Å². The van der Waals surface area contributed by atoms with Gasteiger partial charge in [-0.15, -0.1) is 0 Å². The van der Waals surface area contributed by atoms with Crippen LogP contribution in [-0.2, 0) is 16.6 Å². The fourth-order valence-electron chi connectivity index (χ4n) is 4.56. The average Bonchev–Trinajstić information content (AvgIpc) is 3.36. The number of hydrogen-bond donors (Lipinski definition) is 0. The molecule has 9 nitrogen and oxygen atoms in total. The maximum atomic E-state index is 13.3. The van der Waals surface area contributed by atoms with E-state index in [4.69, 9.17) is 0 Å². The molecular formula is C22H28N6O3. The lowest BCUT2D eigenvalue weighted by atomic mass is 9.92. The summed E-state index contributed by atoms with van der Waals surface area (Å²) in [5.41, 5.74) is 1.67. The number of carbonyl (C=O) groups is 3. The van der Waals surface area contributed by atoms with E-state index in [1.165, 1.54) is 6.92 Å². The van der Waals surface area contributed by atoms with Crippen molar-refractivity contribution in [2.75, 3.05) is 50.1 Å². The molecule has 0 N–H and O–H groups in total. The second-order valence-corrected chi connectivity index (χ2v) is 8.60. The van der Waals surface area contributed by atoms with Crippen molar-refractivity contribution in [3.8, 4) is 0 Å². The lowest BCUT2D eigenvalue weighted by Crippen LogP contribution is -2.67. The van der Waals surface area contributed by atoms with E-state index in [-0.39, 0.29) is 24.3 Å². The number of anilines is 2. The van der Waals surface area contributed by atoms with Gasteiger partial charge in [0, 0.05) is 58.6 Å². The molecule has 0 aliphatic carbocycles. The van der Waals surface area contributed by atoms with E-state index in [9.17, 15) is 14.4 Å². The molecule has 0 radical (unpaired) electrons. The van der Waals surface area contributed by atoms with Gasteiger partial charge in [-0.3, -0.25) is 19.1 Å². The van der Waals surface area contributed by atoms with Gasteiger partial charge in [-0.25, -0.2) is 0 Å². The highest BCUT2D eigenvalue weighted by molar-refractivity contribution is 5.99. The molecule has 2 saturated heterocycles. The maximum absolute atomic E-state index is 13.3. The summed E-state index contributed by atoms with van der Waals surface area (Å²) in [6.07, 6.45) is 4.06. The van der Waals surface area contributed by atoms with Gasteiger partial charge in [0.1, 0.15) is 6.54 Å². The Morgan fingerprint density at radius 3 is 2.61 bits per heavy atom. The van der Waals surface area contributed by atoms with E-state index in [0.29, 0.717) is 37.3 Å². The van der Waals surface area contributed by atoms with E-state index < -0.39 is 5.54 Å². The van der Waals surface area contributed by atoms with Crippen LogP contribution in [0, 0.1) is 0 Å². The number of aryl methyl sites for hydroxylation is 1. The summed E-state index contributed by atoms with van der Waals surface area (Å²) in [6, 6.07) is 7.52. The Morgan fingerprint density at radius 2 is 1.97 bits per heavy atom. The summed E-state index contributed by atoms with van der Waals surface area (Å²) in [4.78, 5) is 45.6. The normalized spacial score (nSPS) is 21.2. The molecule has 0 bridgehead atoms. The third-order valence-electron chi connectivity index (χ3n) is 6.23. The van der Waals surface area contributed by atoms with Gasteiger partial charge >= 0.3 is 0 Å². The Kier molecular flexibility index (Phi) is 5.20. The van der Waals surface area contributed by atoms with Crippen molar-refractivity contribution >= 4 is 29.1 Å². The number of piperazine rings is 1. The number of aromatic nitrogens is 2. The largest absolute Gasteiger partial charge is 0.378 e. The summed E-state index contributed by atoms with van der Waals surface area (Å²) in [7, 11) is 5.67. The standard InChI is InChI=1S/C22H28N6O3/c1-16(29)28-13-20(30)27(19-11-23-25(4)12-19)15-22(28)8-9-26(14-22)21(31)17-6-5-7-18(10-17)24(2)3/h5-7,10-12H,8-9,13-15H2,1-4H3. The molecule has 1 aromatic heterocycles. The highest BCUT2D eigenvalue weighted by Crippen LogP contribution is 2.35. The lowest BCUT2D eigenvalue weighted by Gasteiger charge is -2.47. The Bertz CT molecular complexity index is 1030. The molecule has 9 heteroatoms. The predicted octanol–water partition coefficient (Wildman–Crippen LogP) is 0.966. The predicted molar refractivity (Wildman–Crippen MR) is 117 cm³/mol. The molecule has 1 aromatic carbocycles. The van der Waals surface area contributed by atoms with Gasteiger partial charge in [-0.2, -0.15) is 5.10 Å². The second kappa shape index (κ2) is 7.72. The minimum Gasteiger partial charge on any atom is -0.378 e. The van der Waals surface area contributed by atoms with E-state index in [2.05, 4.69) is 5.10 Å². The number of benzene rings is 1. The molecule has 2 fully saturated rings. The number of nitrogens with zero attached hydrogens (tertiary/aromatic N) is 6. The Labute approximate surface area is 181 Å². The van der Waals surface area contributed by atoms with Crippen LogP contribution in [0.4, 0.5) is 11.4 Å². The van der Waals surface area contributed by atoms with Crippen LogP contribution >= 0.6 is 0 Å². The van der Waals surface area contributed by atoms with E-state index in [1.807, 2.05) is 43.3 Å². The fourth-order valence-corrected chi connectivity index (χ4v) is 4.56. The minimum absolute atomic E-state index is 0.00235. The smallest absolute Gasteiger partial charge is 0.254 e. The van der Waals surface area contributed by atoms with Crippen molar-refractivity contribution in [2.24, 2.45) is 7.05 Å². The molecule has 2 aliphatic heterocycles. The zero-order valence-electron chi connectivity index (χ0n) is 18.4. The molecule has 1 atom stereocenters. The van der Waals surface area contributed by atoms with E-state index in [0.717, 1.165) is 5.69 Å². The Balaban J connectivity index is 1.60. The minimum atomic E-state index is -0.607. The van der Waals surface area contributed by atoms with Crippen molar-refractivity contribution in [1.82, 2.24) is 19.6 Å². The van der Waals surface area contributed by atoms with Crippen LogP contribution in [-0.4, -0.2) is 83.1 Å². The molecule has 0 saturated carbocycles. The summed E-state index contributed by atoms with van der Waals surface area (Å²) < 4.78 is 1.65. The molecule has 1 unspecified atom stereocenters. The van der Waals surface area contributed by atoms with Crippen LogP contribution in [0.3, 0.4) is 0 Å². The number of carbonyl (C=O) groups excluding carboxylic acids is 3. The van der Waals surface area contributed by atoms with Gasteiger partial charge in [-0.05, 0) is 24.6 Å². The zero-order valence-corrected chi connectivity index (χ0v) is 18.4. The molecule has 2 aliphatic rings. The molecule has 3 amide bonds. The molecule has 31 heavy (non-hydrogen) atoms. The third-order valence-corrected chi connectivity index (χ3v) is 6.23. The highest BCUT2D eigenvalue weighted by Gasteiger charge is 2.51. The van der Waals surface area contributed by atoms with Crippen molar-refractivity contribution in [1.29, 1.82) is 0 Å². The van der Waals surface area contributed by atoms with Gasteiger partial charge in [-0.1, -0.05) is 6.07 Å². The Hall–Kier alpha value is -3.36. The molecular weight excluding hydrogens is 396 g/mol. The average molecular weight is 425 g/mol. The van der Waals surface area contributed by atoms with E-state index >= 15 is 0 Å². The summed E-state index contributed by atoms with van der Waals surface area (Å²) in [5.74, 6) is -0.353. The first-order chi connectivity index (χ1) is 14.7. The summed E-state index contributed by atoms with van der Waals surface area (Å²) in [5, 5.41) is 4.17. The van der Waals surface area contributed by atoms with Gasteiger partial charge in [0.05, 0.1) is 24.0 Å². The number of likely N-dealkylation sites (tertiary alicyclic amines) is 1. The zero-order chi connectivity index (χ0) is 22.3. The highest BCUT2D eigenvalue weighted by atomic mass is 16.2. The van der Waals surface area contributed by atoms with Crippen LogP contribution in [0.5, 0.6) is 0 Å². The van der Waals surface area contributed by atoms with Gasteiger partial charge < -0.3 is 19.6 Å². The molecule has 4 rings (SSSR count). The van der Waals surface area contributed by atoms with Crippen LogP contribution < -0.4 is 9.80 Å². The third kappa shape index (κ3) is 3.75. The van der Waals surface area contributed by atoms with E-state index in [1.54, 1.807) is 38.8 Å². The van der Waals surface area contributed by atoms with Crippen LogP contribution in [0.2, 0.25) is 0 Å². The summed E-state index contributed by atoms with van der Waals surface area (Å²) >= 11 is 0. The first kappa shape index (κ1) is 20.9. The topological polar surface area (TPSA) is 82.0 Å². The number of amides is 3. The monoisotopic (exact) mass is 424 g/mol. The van der Waals surface area contributed by atoms with Crippen molar-refractivity contribution in [3.05, 3.63) is 42.2 Å². The van der Waals surface area contributed by atoms with Gasteiger partial charge in [0.2, 0.25) is 11.8 Å². The Morgan fingerprint density at radius 1 is 1.19 bits per heavy atom. The molecule has 2 aromatic rings. The van der Waals surface area contributed by atoms with Gasteiger partial charge in [0.15, 0.2) is 0 Å². The molecule has 164 valence electrons. The number of rotatable bonds is 3. The van der Waals surface area contributed by atoms with Crippen LogP contribution in [0.15, 0.2) is 36.7 Å². The quantitative estimate of drug-likeness (QED) is 0.733. The SMILES string of the molecule is CC(=O)N1CC(=O)N(c2cnn(C)c2)CC12CCN(C(=O)c1cccc(N(C)C)c1)C2. The number of hydrogen-bond acceptors (Lipinski definition) is 5. The van der Waals surface area contributed by atoms with Crippen molar-refractivity contribution in [2.45, 2.75) is 18.9 Å². The first-order valence-electron chi connectivity index (χ1n) is 10.3. The maximum Gasteiger partial charge on any atom is 0.254 e. The first-order valence-corrected chi connectivity index (χ1v) is 10.3. The second-order valence-electron chi connectivity index (χ2n) is 8.60. The van der Waals surface area contributed by atoms with Crippen molar-refractivity contribution in [3.63, 3.8) is 0 Å². The van der Waals surface area contributed by atoms with Crippen LogP contribution in [0.25, 0.3) is 0 Å².